The smallest absolute Gasteiger partial charge is 0.283 e. The van der Waals surface area contributed by atoms with Crippen LogP contribution in [0.3, 0.4) is 0 Å². The average Bonchev–Trinajstić information content (AvgIpc) is 3.10. The maximum absolute atomic E-state index is 12.6. The number of thioether (sulfide) groups is 1. The van der Waals surface area contributed by atoms with Crippen molar-refractivity contribution in [2.45, 2.75) is 39.5 Å². The molecule has 3 heterocycles. The summed E-state index contributed by atoms with van der Waals surface area (Å²) in [7, 11) is 0. The minimum atomic E-state index is -0.375. The van der Waals surface area contributed by atoms with Crippen LogP contribution >= 0.6 is 11.8 Å². The summed E-state index contributed by atoms with van der Waals surface area (Å²) in [6, 6.07) is 8.07. The largest absolute Gasteiger partial charge is 0.349 e. The van der Waals surface area contributed by atoms with Crippen molar-refractivity contribution >= 4 is 39.9 Å². The van der Waals surface area contributed by atoms with Crippen LogP contribution in [0.1, 0.15) is 50.7 Å². The molecule has 6 nitrogen and oxygen atoms in total. The number of amidine groups is 3. The number of hydrogen-bond acceptors (Lipinski definition) is 5. The third kappa shape index (κ3) is 3.63. The zero-order chi connectivity index (χ0) is 19.8. The first-order chi connectivity index (χ1) is 13.4. The number of benzene rings is 1. The molecule has 1 aromatic rings. The van der Waals surface area contributed by atoms with Gasteiger partial charge in [-0.15, -0.1) is 5.10 Å². The predicted molar refractivity (Wildman–Crippen MR) is 116 cm³/mol. The Balaban J connectivity index is 1.56. The van der Waals surface area contributed by atoms with E-state index >= 15 is 0 Å². The average molecular weight is 396 g/mol. The summed E-state index contributed by atoms with van der Waals surface area (Å²) in [4.78, 5) is 19.0. The number of nitrogens with zero attached hydrogens (tertiary/aromatic N) is 4. The van der Waals surface area contributed by atoms with Gasteiger partial charge in [-0.25, -0.2) is 0 Å². The van der Waals surface area contributed by atoms with Crippen LogP contribution in [0.5, 0.6) is 0 Å². The van der Waals surface area contributed by atoms with E-state index in [-0.39, 0.29) is 17.3 Å². The van der Waals surface area contributed by atoms with Crippen LogP contribution in [0.15, 0.2) is 39.9 Å². The number of hydrazone groups is 1. The van der Waals surface area contributed by atoms with Crippen molar-refractivity contribution in [3.63, 3.8) is 0 Å². The summed E-state index contributed by atoms with van der Waals surface area (Å²) in [6.45, 7) is 8.48. The van der Waals surface area contributed by atoms with Crippen molar-refractivity contribution < 1.29 is 4.79 Å². The number of hydrogen-bond donors (Lipinski definition) is 1. The summed E-state index contributed by atoms with van der Waals surface area (Å²) in [6.07, 6.45) is 4.01. The lowest BCUT2D eigenvalue weighted by Crippen LogP contribution is -2.36. The van der Waals surface area contributed by atoms with Gasteiger partial charge in [0.25, 0.3) is 5.91 Å². The Morgan fingerprint density at radius 3 is 2.50 bits per heavy atom. The zero-order valence-electron chi connectivity index (χ0n) is 16.5. The molecule has 7 heteroatoms. The van der Waals surface area contributed by atoms with E-state index in [1.807, 2.05) is 12.1 Å². The molecule has 0 atom stereocenters. The second-order valence-electron chi connectivity index (χ2n) is 7.89. The Labute approximate surface area is 169 Å². The summed E-state index contributed by atoms with van der Waals surface area (Å²) in [5.74, 6) is 0.909. The third-order valence-corrected chi connectivity index (χ3v) is 6.38. The molecule has 0 bridgehead atoms. The van der Waals surface area contributed by atoms with Gasteiger partial charge < -0.3 is 4.90 Å². The topological polar surface area (TPSA) is 72.1 Å². The van der Waals surface area contributed by atoms with Gasteiger partial charge in [-0.1, -0.05) is 45.0 Å². The standard InChI is InChI=1S/C21H25N5OS/c1-13(2)16-6-4-15(5-7-16)12-17-18(22)26-20(23-19(17)27)28-21(24-26)25-10-8-14(3)9-11-25/h4-7,12-14,22H,8-11H2,1-3H3/b17-12+,22-18?. The van der Waals surface area contributed by atoms with Crippen molar-refractivity contribution in [2.24, 2.45) is 16.0 Å². The van der Waals surface area contributed by atoms with E-state index in [9.17, 15) is 4.79 Å². The number of rotatable bonds is 2. The van der Waals surface area contributed by atoms with Crippen LogP contribution in [0.2, 0.25) is 0 Å². The summed E-state index contributed by atoms with van der Waals surface area (Å²) >= 11 is 1.39. The molecule has 3 aliphatic heterocycles. The van der Waals surface area contributed by atoms with E-state index in [4.69, 9.17) is 5.41 Å². The molecule has 0 aliphatic carbocycles. The quantitative estimate of drug-likeness (QED) is 0.765. The molecule has 0 radical (unpaired) electrons. The molecule has 1 aromatic carbocycles. The summed E-state index contributed by atoms with van der Waals surface area (Å²) in [5, 5.41) is 15.9. The van der Waals surface area contributed by atoms with E-state index in [1.54, 1.807) is 6.08 Å². The summed E-state index contributed by atoms with van der Waals surface area (Å²) in [5.41, 5.74) is 2.41. The van der Waals surface area contributed by atoms with Crippen molar-refractivity contribution in [3.05, 3.63) is 41.0 Å². The monoisotopic (exact) mass is 395 g/mol. The highest BCUT2D eigenvalue weighted by atomic mass is 32.2. The van der Waals surface area contributed by atoms with Gasteiger partial charge in [0, 0.05) is 13.1 Å². The molecule has 0 aromatic heterocycles. The fourth-order valence-corrected chi connectivity index (χ4v) is 4.40. The highest BCUT2D eigenvalue weighted by Crippen LogP contribution is 2.31. The molecule has 1 saturated heterocycles. The van der Waals surface area contributed by atoms with Gasteiger partial charge in [-0.3, -0.25) is 10.2 Å². The van der Waals surface area contributed by atoms with E-state index < -0.39 is 0 Å². The Morgan fingerprint density at radius 2 is 1.86 bits per heavy atom. The Bertz CT molecular complexity index is 892. The van der Waals surface area contributed by atoms with Crippen molar-refractivity contribution in [1.82, 2.24) is 9.91 Å². The minimum absolute atomic E-state index is 0.0933. The molecule has 1 amide bonds. The van der Waals surface area contributed by atoms with Crippen molar-refractivity contribution in [3.8, 4) is 0 Å². The highest BCUT2D eigenvalue weighted by Gasteiger charge is 2.37. The molecule has 0 spiro atoms. The summed E-state index contributed by atoms with van der Waals surface area (Å²) < 4.78 is 0. The van der Waals surface area contributed by atoms with Gasteiger partial charge in [-0.2, -0.15) is 10.0 Å². The van der Waals surface area contributed by atoms with Gasteiger partial charge >= 0.3 is 0 Å². The molecule has 1 fully saturated rings. The molecule has 0 unspecified atom stereocenters. The lowest BCUT2D eigenvalue weighted by atomic mass is 10.00. The SMILES string of the molecule is CC1CCN(C2=NN3C(=N)/C(=C\c4ccc(C(C)C)cc4)C(=O)N=C3S2)CC1. The first-order valence-corrected chi connectivity index (χ1v) is 10.6. The van der Waals surface area contributed by atoms with Crippen LogP contribution in [0, 0.1) is 11.3 Å². The highest BCUT2D eigenvalue weighted by molar-refractivity contribution is 8.26. The molecule has 3 aliphatic rings. The Hall–Kier alpha value is -2.41. The first-order valence-electron chi connectivity index (χ1n) is 9.77. The number of aliphatic imine (C=N–C) groups is 1. The van der Waals surface area contributed by atoms with Gasteiger partial charge in [-0.05, 0) is 53.6 Å². The Kier molecular flexibility index (Phi) is 5.10. The van der Waals surface area contributed by atoms with E-state index in [1.165, 1.54) is 22.3 Å². The van der Waals surface area contributed by atoms with Crippen LogP contribution in [0.25, 0.3) is 6.08 Å². The van der Waals surface area contributed by atoms with Crippen molar-refractivity contribution in [2.75, 3.05) is 13.1 Å². The predicted octanol–water partition coefficient (Wildman–Crippen LogP) is 4.12. The van der Waals surface area contributed by atoms with Crippen LogP contribution in [-0.2, 0) is 4.79 Å². The van der Waals surface area contributed by atoms with E-state index in [0.29, 0.717) is 11.1 Å². The zero-order valence-corrected chi connectivity index (χ0v) is 17.3. The molecule has 4 rings (SSSR count). The lowest BCUT2D eigenvalue weighted by molar-refractivity contribution is -0.114. The molecule has 1 N–H and O–H groups in total. The maximum Gasteiger partial charge on any atom is 0.283 e. The maximum atomic E-state index is 12.6. The number of carbonyl (C=O) groups excluding carboxylic acids is 1. The Morgan fingerprint density at radius 1 is 1.18 bits per heavy atom. The molecular weight excluding hydrogens is 370 g/mol. The molecule has 0 saturated carbocycles. The third-order valence-electron chi connectivity index (χ3n) is 5.41. The normalized spacial score (nSPS) is 22.1. The van der Waals surface area contributed by atoms with Crippen molar-refractivity contribution in [1.29, 1.82) is 5.41 Å². The number of carbonyl (C=O) groups is 1. The second kappa shape index (κ2) is 7.54. The van der Waals surface area contributed by atoms with Gasteiger partial charge in [0.1, 0.15) is 0 Å². The van der Waals surface area contributed by atoms with Gasteiger partial charge in [0.2, 0.25) is 5.17 Å². The first kappa shape index (κ1) is 18.9. The van der Waals surface area contributed by atoms with E-state index in [0.717, 1.165) is 42.6 Å². The second-order valence-corrected chi connectivity index (χ2v) is 8.83. The van der Waals surface area contributed by atoms with Crippen LogP contribution in [-0.4, -0.2) is 45.1 Å². The lowest BCUT2D eigenvalue weighted by Gasteiger charge is -2.30. The number of piperidine rings is 1. The van der Waals surface area contributed by atoms with E-state index in [2.05, 4.69) is 47.9 Å². The van der Waals surface area contributed by atoms with Crippen LogP contribution in [0.4, 0.5) is 0 Å². The molecule has 146 valence electrons. The minimum Gasteiger partial charge on any atom is -0.349 e. The van der Waals surface area contributed by atoms with Crippen LogP contribution < -0.4 is 0 Å². The number of likely N-dealkylation sites (tertiary alicyclic amines) is 1. The van der Waals surface area contributed by atoms with Gasteiger partial charge in [0.05, 0.1) is 5.57 Å². The number of fused-ring (bicyclic) bond motifs is 1. The molecular formula is C21H25N5OS. The number of nitrogens with one attached hydrogen (secondary N) is 1. The number of amides is 1. The molecule has 28 heavy (non-hydrogen) atoms. The van der Waals surface area contributed by atoms with Gasteiger partial charge in [0.15, 0.2) is 11.0 Å². The fraction of sp³-hybridized carbons (Fsp3) is 0.429. The fourth-order valence-electron chi connectivity index (χ4n) is 3.45.